The van der Waals surface area contributed by atoms with Gasteiger partial charge in [0.1, 0.15) is 5.82 Å². The maximum atomic E-state index is 13.0. The molecule has 4 heteroatoms. The van der Waals surface area contributed by atoms with Gasteiger partial charge in [-0.05, 0) is 61.1 Å². The molecule has 1 aliphatic heterocycles. The van der Waals surface area contributed by atoms with E-state index in [2.05, 4.69) is 27.2 Å². The molecule has 112 valence electrons. The summed E-state index contributed by atoms with van der Waals surface area (Å²) in [5, 5.41) is 8.69. The van der Waals surface area contributed by atoms with Gasteiger partial charge in [0.05, 0.1) is 5.69 Å². The molecular formula is C18H18FN3. The second-order valence-electron chi connectivity index (χ2n) is 6.15. The number of benzene rings is 1. The molecule has 0 unspecified atom stereocenters. The zero-order valence-electron chi connectivity index (χ0n) is 12.3. The van der Waals surface area contributed by atoms with Crippen LogP contribution in [0.2, 0.25) is 0 Å². The van der Waals surface area contributed by atoms with Gasteiger partial charge in [-0.25, -0.2) is 4.39 Å². The van der Waals surface area contributed by atoms with E-state index in [0.717, 1.165) is 42.0 Å². The number of rotatable bonds is 2. The van der Waals surface area contributed by atoms with Crippen LogP contribution >= 0.6 is 0 Å². The third-order valence-corrected chi connectivity index (χ3v) is 4.74. The highest BCUT2D eigenvalue weighted by Gasteiger charge is 2.33. The molecule has 2 aliphatic rings. The maximum Gasteiger partial charge on any atom is 0.151 e. The van der Waals surface area contributed by atoms with Crippen LogP contribution in [0.1, 0.15) is 12.8 Å². The van der Waals surface area contributed by atoms with Crippen molar-refractivity contribution >= 4 is 5.82 Å². The number of fused-ring (bicyclic) bond motifs is 1. The Hall–Kier alpha value is -2.23. The van der Waals surface area contributed by atoms with Gasteiger partial charge in [-0.3, -0.25) is 0 Å². The van der Waals surface area contributed by atoms with Crippen molar-refractivity contribution in [3.63, 3.8) is 0 Å². The van der Waals surface area contributed by atoms with Crippen molar-refractivity contribution in [2.24, 2.45) is 11.8 Å². The molecule has 0 spiro atoms. The van der Waals surface area contributed by atoms with Gasteiger partial charge in [0.25, 0.3) is 0 Å². The minimum absolute atomic E-state index is 0.235. The van der Waals surface area contributed by atoms with Crippen molar-refractivity contribution in [3.8, 4) is 11.3 Å². The molecule has 3 nitrogen and oxygen atoms in total. The van der Waals surface area contributed by atoms with Crippen LogP contribution in [-0.4, -0.2) is 23.3 Å². The second-order valence-corrected chi connectivity index (χ2v) is 6.15. The molecule has 2 atom stereocenters. The van der Waals surface area contributed by atoms with Crippen molar-refractivity contribution < 1.29 is 4.39 Å². The van der Waals surface area contributed by atoms with Crippen LogP contribution in [0.15, 0.2) is 48.6 Å². The van der Waals surface area contributed by atoms with Gasteiger partial charge in [0, 0.05) is 18.7 Å². The van der Waals surface area contributed by atoms with Gasteiger partial charge in [0.2, 0.25) is 0 Å². The first-order valence-electron chi connectivity index (χ1n) is 7.79. The molecule has 0 saturated carbocycles. The fourth-order valence-corrected chi connectivity index (χ4v) is 3.47. The normalized spacial score (nSPS) is 23.6. The van der Waals surface area contributed by atoms with Crippen molar-refractivity contribution in [2.75, 3.05) is 18.0 Å². The maximum absolute atomic E-state index is 13.0. The molecule has 2 heterocycles. The van der Waals surface area contributed by atoms with Crippen molar-refractivity contribution in [3.05, 3.63) is 54.4 Å². The predicted octanol–water partition coefficient (Wildman–Crippen LogP) is 3.69. The summed E-state index contributed by atoms with van der Waals surface area (Å²) >= 11 is 0. The Balaban J connectivity index is 1.51. The molecule has 0 bridgehead atoms. The molecule has 4 rings (SSSR count). The summed E-state index contributed by atoms with van der Waals surface area (Å²) in [4.78, 5) is 2.34. The van der Waals surface area contributed by atoms with Crippen molar-refractivity contribution in [1.82, 2.24) is 10.2 Å². The van der Waals surface area contributed by atoms with E-state index >= 15 is 0 Å². The number of hydrogen-bond acceptors (Lipinski definition) is 3. The average Bonchev–Trinajstić information content (AvgIpc) is 3.00. The van der Waals surface area contributed by atoms with E-state index in [0.29, 0.717) is 0 Å². The largest absolute Gasteiger partial charge is 0.355 e. The van der Waals surface area contributed by atoms with Gasteiger partial charge in [-0.15, -0.1) is 10.2 Å². The van der Waals surface area contributed by atoms with E-state index in [1.165, 1.54) is 25.0 Å². The number of anilines is 1. The summed E-state index contributed by atoms with van der Waals surface area (Å²) in [6, 6.07) is 10.3. The first-order chi connectivity index (χ1) is 10.8. The van der Waals surface area contributed by atoms with Crippen LogP contribution in [0, 0.1) is 17.7 Å². The van der Waals surface area contributed by atoms with Crippen LogP contribution in [0.4, 0.5) is 10.2 Å². The topological polar surface area (TPSA) is 29.0 Å². The molecule has 0 N–H and O–H groups in total. The summed E-state index contributed by atoms with van der Waals surface area (Å²) in [6.07, 6.45) is 6.96. The summed E-state index contributed by atoms with van der Waals surface area (Å²) in [6.45, 7) is 2.14. The second kappa shape index (κ2) is 5.52. The summed E-state index contributed by atoms with van der Waals surface area (Å²) in [7, 11) is 0. The molecule has 22 heavy (non-hydrogen) atoms. The summed E-state index contributed by atoms with van der Waals surface area (Å²) < 4.78 is 13.0. The molecule has 1 fully saturated rings. The fourth-order valence-electron chi connectivity index (χ4n) is 3.47. The highest BCUT2D eigenvalue weighted by atomic mass is 19.1. The zero-order chi connectivity index (χ0) is 14.9. The summed E-state index contributed by atoms with van der Waals surface area (Å²) in [5.41, 5.74) is 1.67. The smallest absolute Gasteiger partial charge is 0.151 e. The van der Waals surface area contributed by atoms with Crippen LogP contribution in [-0.2, 0) is 0 Å². The molecule has 2 aromatic rings. The van der Waals surface area contributed by atoms with Gasteiger partial charge in [-0.1, -0.05) is 12.2 Å². The van der Waals surface area contributed by atoms with E-state index in [4.69, 9.17) is 0 Å². The minimum Gasteiger partial charge on any atom is -0.355 e. The SMILES string of the molecule is Fc1ccc(-c2ccc(N3C[C@H]4CC=CC[C@H]4C3)nn2)cc1. The van der Waals surface area contributed by atoms with E-state index in [-0.39, 0.29) is 5.82 Å². The van der Waals surface area contributed by atoms with Crippen LogP contribution in [0.5, 0.6) is 0 Å². The van der Waals surface area contributed by atoms with E-state index in [9.17, 15) is 4.39 Å². The molecule has 1 aliphatic carbocycles. The fraction of sp³-hybridized carbons (Fsp3) is 0.333. The van der Waals surface area contributed by atoms with E-state index < -0.39 is 0 Å². The highest BCUT2D eigenvalue weighted by Crippen LogP contribution is 2.34. The van der Waals surface area contributed by atoms with Crippen molar-refractivity contribution in [2.45, 2.75) is 12.8 Å². The monoisotopic (exact) mass is 295 g/mol. The van der Waals surface area contributed by atoms with Crippen LogP contribution < -0.4 is 4.90 Å². The van der Waals surface area contributed by atoms with E-state index in [1.54, 1.807) is 12.1 Å². The average molecular weight is 295 g/mol. The molecule has 0 amide bonds. The lowest BCUT2D eigenvalue weighted by molar-refractivity contribution is 0.411. The minimum atomic E-state index is -0.235. The third kappa shape index (κ3) is 2.49. The Morgan fingerprint density at radius 3 is 2.14 bits per heavy atom. The van der Waals surface area contributed by atoms with Crippen molar-refractivity contribution in [1.29, 1.82) is 0 Å². The van der Waals surface area contributed by atoms with Gasteiger partial charge >= 0.3 is 0 Å². The highest BCUT2D eigenvalue weighted by molar-refractivity contribution is 5.59. The third-order valence-electron chi connectivity index (χ3n) is 4.74. The standard InChI is InChI=1S/C18H18FN3/c19-16-7-5-13(6-8-16)17-9-10-18(21-20-17)22-11-14-3-1-2-4-15(14)12-22/h1-2,5-10,14-15H,3-4,11-12H2/t14-,15+. The Kier molecular flexibility index (Phi) is 3.37. The number of aromatic nitrogens is 2. The number of allylic oxidation sites excluding steroid dienone is 2. The lowest BCUT2D eigenvalue weighted by Gasteiger charge is -2.17. The Morgan fingerprint density at radius 2 is 1.55 bits per heavy atom. The number of halogens is 1. The number of nitrogens with zero attached hydrogens (tertiary/aromatic N) is 3. The Labute approximate surface area is 129 Å². The van der Waals surface area contributed by atoms with Crippen LogP contribution in [0.25, 0.3) is 11.3 Å². The molecule has 1 aromatic heterocycles. The zero-order valence-corrected chi connectivity index (χ0v) is 12.3. The first-order valence-corrected chi connectivity index (χ1v) is 7.79. The first kappa shape index (κ1) is 13.4. The lowest BCUT2D eigenvalue weighted by Crippen LogP contribution is -2.21. The van der Waals surface area contributed by atoms with Gasteiger partial charge in [-0.2, -0.15) is 0 Å². The predicted molar refractivity (Wildman–Crippen MR) is 85.0 cm³/mol. The molecule has 1 aromatic carbocycles. The lowest BCUT2D eigenvalue weighted by atomic mass is 9.86. The van der Waals surface area contributed by atoms with Crippen LogP contribution in [0.3, 0.4) is 0 Å². The summed E-state index contributed by atoms with van der Waals surface area (Å²) in [5.74, 6) is 2.22. The molecule has 1 saturated heterocycles. The quantitative estimate of drug-likeness (QED) is 0.791. The van der Waals surface area contributed by atoms with Gasteiger partial charge < -0.3 is 4.90 Å². The van der Waals surface area contributed by atoms with E-state index in [1.807, 2.05) is 12.1 Å². The van der Waals surface area contributed by atoms with Gasteiger partial charge in [0.15, 0.2) is 5.82 Å². The number of hydrogen-bond donors (Lipinski definition) is 0. The Morgan fingerprint density at radius 1 is 0.864 bits per heavy atom. The Bertz CT molecular complexity index is 662. The molecular weight excluding hydrogens is 277 g/mol. The molecule has 0 radical (unpaired) electrons.